The molecule has 1 N–H and O–H groups in total. The number of H-pyrrole nitrogens is 1. The topological polar surface area (TPSA) is 55.0 Å². The Morgan fingerprint density at radius 1 is 1.24 bits per heavy atom. The van der Waals surface area contributed by atoms with E-state index in [0.29, 0.717) is 11.6 Å². The maximum absolute atomic E-state index is 12.1. The number of hydrogen-bond acceptors (Lipinski definition) is 3. The molecule has 0 radical (unpaired) electrons. The van der Waals surface area contributed by atoms with Gasteiger partial charge in [-0.25, -0.2) is 9.78 Å². The number of allylic oxidation sites excluding steroid dienone is 2. The standard InChI is InChI=1S/C21H22N2O2/c1-3-13-8-10-14(11-9-13)19-20-16(12-18(23-19)21(24)25-2)15-6-4-5-7-17(15)22-20/h4-8,10,12-14,22H,3,9,11H2,1-2H3. The van der Waals surface area contributed by atoms with Crippen LogP contribution in [0.3, 0.4) is 0 Å². The molecule has 128 valence electrons. The molecule has 4 nitrogen and oxygen atoms in total. The summed E-state index contributed by atoms with van der Waals surface area (Å²) >= 11 is 0. The Bertz CT molecular complexity index is 971. The van der Waals surface area contributed by atoms with Gasteiger partial charge in [-0.15, -0.1) is 0 Å². The Morgan fingerprint density at radius 2 is 2.08 bits per heavy atom. The second-order valence-electron chi connectivity index (χ2n) is 6.71. The van der Waals surface area contributed by atoms with E-state index in [9.17, 15) is 4.79 Å². The van der Waals surface area contributed by atoms with Gasteiger partial charge in [-0.1, -0.05) is 37.3 Å². The van der Waals surface area contributed by atoms with Gasteiger partial charge in [-0.05, 0) is 37.3 Å². The van der Waals surface area contributed by atoms with E-state index in [-0.39, 0.29) is 11.9 Å². The summed E-state index contributed by atoms with van der Waals surface area (Å²) in [4.78, 5) is 20.3. The van der Waals surface area contributed by atoms with Crippen LogP contribution in [0.4, 0.5) is 0 Å². The van der Waals surface area contributed by atoms with Crippen LogP contribution >= 0.6 is 0 Å². The van der Waals surface area contributed by atoms with Crippen LogP contribution in [-0.4, -0.2) is 23.0 Å². The molecule has 0 fully saturated rings. The van der Waals surface area contributed by atoms with Gasteiger partial charge in [0.15, 0.2) is 0 Å². The lowest BCUT2D eigenvalue weighted by molar-refractivity contribution is 0.0594. The molecule has 0 aliphatic heterocycles. The smallest absolute Gasteiger partial charge is 0.356 e. The SMILES string of the molecule is CCC1C=CC(c2nc(C(=O)OC)cc3c2[nH]c2ccccc23)CC1. The van der Waals surface area contributed by atoms with Crippen LogP contribution in [-0.2, 0) is 4.74 Å². The van der Waals surface area contributed by atoms with Crippen molar-refractivity contribution in [3.8, 4) is 0 Å². The minimum Gasteiger partial charge on any atom is -0.464 e. The molecule has 1 aromatic carbocycles. The summed E-state index contributed by atoms with van der Waals surface area (Å²) in [5.41, 5.74) is 3.41. The predicted octanol–water partition coefficient (Wildman–Crippen LogP) is 4.96. The molecular weight excluding hydrogens is 312 g/mol. The zero-order valence-electron chi connectivity index (χ0n) is 14.6. The second kappa shape index (κ2) is 6.36. The van der Waals surface area contributed by atoms with Gasteiger partial charge in [-0.2, -0.15) is 0 Å². The Labute approximate surface area is 146 Å². The van der Waals surface area contributed by atoms with Gasteiger partial charge in [0.2, 0.25) is 0 Å². The molecule has 4 heteroatoms. The van der Waals surface area contributed by atoms with E-state index in [1.807, 2.05) is 18.2 Å². The first kappa shape index (κ1) is 15.9. The summed E-state index contributed by atoms with van der Waals surface area (Å²) in [6, 6.07) is 9.99. The molecule has 2 heterocycles. The summed E-state index contributed by atoms with van der Waals surface area (Å²) in [7, 11) is 1.40. The first-order chi connectivity index (χ1) is 12.2. The van der Waals surface area contributed by atoms with E-state index in [1.54, 1.807) is 0 Å². The number of esters is 1. The third-order valence-electron chi connectivity index (χ3n) is 5.26. The van der Waals surface area contributed by atoms with Crippen molar-refractivity contribution in [2.24, 2.45) is 5.92 Å². The van der Waals surface area contributed by atoms with Gasteiger partial charge in [-0.3, -0.25) is 0 Å². The van der Waals surface area contributed by atoms with Crippen molar-refractivity contribution in [3.05, 3.63) is 53.9 Å². The molecule has 1 aliphatic carbocycles. The molecule has 0 amide bonds. The summed E-state index contributed by atoms with van der Waals surface area (Å²) in [5, 5.41) is 2.14. The van der Waals surface area contributed by atoms with Gasteiger partial charge >= 0.3 is 5.97 Å². The number of hydrogen-bond donors (Lipinski definition) is 1. The zero-order valence-corrected chi connectivity index (χ0v) is 14.6. The van der Waals surface area contributed by atoms with E-state index < -0.39 is 0 Å². The molecule has 4 rings (SSSR count). The fourth-order valence-corrected chi connectivity index (χ4v) is 3.79. The molecule has 3 aromatic rings. The number of benzene rings is 1. The van der Waals surface area contributed by atoms with Crippen LogP contribution in [0.2, 0.25) is 0 Å². The van der Waals surface area contributed by atoms with E-state index in [0.717, 1.165) is 40.3 Å². The number of ether oxygens (including phenoxy) is 1. The van der Waals surface area contributed by atoms with Gasteiger partial charge in [0.1, 0.15) is 5.69 Å². The maximum atomic E-state index is 12.1. The van der Waals surface area contributed by atoms with Crippen molar-refractivity contribution < 1.29 is 9.53 Å². The average molecular weight is 334 g/mol. The number of fused-ring (bicyclic) bond motifs is 3. The number of carbonyl (C=O) groups is 1. The molecule has 0 bridgehead atoms. The van der Waals surface area contributed by atoms with Crippen LogP contribution < -0.4 is 0 Å². The number of pyridine rings is 1. The molecule has 1 aliphatic rings. The number of carbonyl (C=O) groups excluding carboxylic acids is 1. The number of aromatic nitrogens is 2. The lowest BCUT2D eigenvalue weighted by Crippen LogP contribution is -2.12. The van der Waals surface area contributed by atoms with Crippen LogP contribution in [0.1, 0.15) is 48.3 Å². The highest BCUT2D eigenvalue weighted by molar-refractivity contribution is 6.09. The molecule has 25 heavy (non-hydrogen) atoms. The third kappa shape index (κ3) is 2.72. The quantitative estimate of drug-likeness (QED) is 0.544. The first-order valence-electron chi connectivity index (χ1n) is 8.89. The normalized spacial score (nSPS) is 20.2. The lowest BCUT2D eigenvalue weighted by Gasteiger charge is -2.22. The van der Waals surface area contributed by atoms with Gasteiger partial charge < -0.3 is 9.72 Å². The van der Waals surface area contributed by atoms with E-state index in [2.05, 4.69) is 41.2 Å². The third-order valence-corrected chi connectivity index (χ3v) is 5.26. The number of nitrogens with one attached hydrogen (secondary N) is 1. The highest BCUT2D eigenvalue weighted by atomic mass is 16.5. The fourth-order valence-electron chi connectivity index (χ4n) is 3.79. The Morgan fingerprint density at radius 3 is 2.80 bits per heavy atom. The van der Waals surface area contributed by atoms with Crippen molar-refractivity contribution >= 4 is 27.8 Å². The van der Waals surface area contributed by atoms with Crippen LogP contribution in [0.25, 0.3) is 21.8 Å². The molecule has 2 atom stereocenters. The van der Waals surface area contributed by atoms with Crippen molar-refractivity contribution in [2.75, 3.05) is 7.11 Å². The number of methoxy groups -OCH3 is 1. The lowest BCUT2D eigenvalue weighted by atomic mass is 9.85. The first-order valence-corrected chi connectivity index (χ1v) is 8.89. The Kier molecular flexibility index (Phi) is 4.04. The largest absolute Gasteiger partial charge is 0.464 e. The van der Waals surface area contributed by atoms with Crippen molar-refractivity contribution in [3.63, 3.8) is 0 Å². The van der Waals surface area contributed by atoms with Crippen LogP contribution in [0.5, 0.6) is 0 Å². The predicted molar refractivity (Wildman–Crippen MR) is 99.8 cm³/mol. The zero-order chi connectivity index (χ0) is 17.4. The van der Waals surface area contributed by atoms with E-state index in [4.69, 9.17) is 4.74 Å². The molecule has 2 aromatic heterocycles. The van der Waals surface area contributed by atoms with E-state index in [1.165, 1.54) is 13.5 Å². The van der Waals surface area contributed by atoms with Gasteiger partial charge in [0.05, 0.1) is 18.3 Å². The minimum absolute atomic E-state index is 0.225. The Hall–Kier alpha value is -2.62. The maximum Gasteiger partial charge on any atom is 0.356 e. The van der Waals surface area contributed by atoms with Gasteiger partial charge in [0, 0.05) is 22.2 Å². The summed E-state index contributed by atoms with van der Waals surface area (Å²) in [5.74, 6) is 0.487. The molecule has 0 saturated heterocycles. The molecule has 2 unspecified atom stereocenters. The Balaban J connectivity index is 1.93. The summed E-state index contributed by atoms with van der Waals surface area (Å²) in [6.45, 7) is 2.22. The number of rotatable bonds is 3. The molecule has 0 saturated carbocycles. The highest BCUT2D eigenvalue weighted by Crippen LogP contribution is 2.36. The van der Waals surface area contributed by atoms with E-state index >= 15 is 0 Å². The number of para-hydroxylation sites is 1. The number of aromatic amines is 1. The fraction of sp³-hybridized carbons (Fsp3) is 0.333. The monoisotopic (exact) mass is 334 g/mol. The average Bonchev–Trinajstić information content (AvgIpc) is 3.05. The highest BCUT2D eigenvalue weighted by Gasteiger charge is 2.23. The molecule has 0 spiro atoms. The van der Waals surface area contributed by atoms with Crippen LogP contribution in [0, 0.1) is 5.92 Å². The molecular formula is C21H22N2O2. The van der Waals surface area contributed by atoms with Crippen molar-refractivity contribution in [2.45, 2.75) is 32.1 Å². The second-order valence-corrected chi connectivity index (χ2v) is 6.71. The van der Waals surface area contributed by atoms with Crippen LogP contribution in [0.15, 0.2) is 42.5 Å². The summed E-state index contributed by atoms with van der Waals surface area (Å²) < 4.78 is 4.92. The van der Waals surface area contributed by atoms with Gasteiger partial charge in [0.25, 0.3) is 0 Å². The summed E-state index contributed by atoms with van der Waals surface area (Å²) in [6.07, 6.45) is 7.93. The number of nitrogens with zero attached hydrogens (tertiary/aromatic N) is 1. The van der Waals surface area contributed by atoms with Crippen molar-refractivity contribution in [1.82, 2.24) is 9.97 Å². The van der Waals surface area contributed by atoms with Crippen molar-refractivity contribution in [1.29, 1.82) is 0 Å². The minimum atomic E-state index is -0.389.